The first-order valence-corrected chi connectivity index (χ1v) is 8.19. The summed E-state index contributed by atoms with van der Waals surface area (Å²) in [6.07, 6.45) is 1.58. The van der Waals surface area contributed by atoms with E-state index in [4.69, 9.17) is 4.42 Å². The molecule has 5 nitrogen and oxygen atoms in total. The fraction of sp³-hybridized carbons (Fsp3) is 0.211. The van der Waals surface area contributed by atoms with Crippen molar-refractivity contribution in [2.75, 3.05) is 5.32 Å². The van der Waals surface area contributed by atoms with Gasteiger partial charge in [-0.3, -0.25) is 4.79 Å². The number of nitrogens with zero attached hydrogens (tertiary/aromatic N) is 2. The number of hydrogen-bond donors (Lipinski definition) is 1. The summed E-state index contributed by atoms with van der Waals surface area (Å²) in [6.45, 7) is 0. The lowest BCUT2D eigenvalue weighted by atomic mass is 10.1. The number of rotatable bonds is 5. The molecule has 1 saturated carbocycles. The number of anilines is 1. The van der Waals surface area contributed by atoms with Crippen LogP contribution in [0.4, 0.5) is 14.5 Å². The molecule has 1 N–H and O–H groups in total. The van der Waals surface area contributed by atoms with E-state index in [2.05, 4.69) is 15.5 Å². The van der Waals surface area contributed by atoms with Crippen LogP contribution in [0.2, 0.25) is 0 Å². The maximum atomic E-state index is 13.0. The molecule has 0 aliphatic heterocycles. The van der Waals surface area contributed by atoms with Crippen molar-refractivity contribution in [3.63, 3.8) is 0 Å². The molecule has 26 heavy (non-hydrogen) atoms. The Labute approximate surface area is 148 Å². The predicted molar refractivity (Wildman–Crippen MR) is 89.4 cm³/mol. The fourth-order valence-electron chi connectivity index (χ4n) is 2.74. The van der Waals surface area contributed by atoms with Gasteiger partial charge in [0, 0.05) is 5.69 Å². The van der Waals surface area contributed by atoms with Gasteiger partial charge < -0.3 is 9.73 Å². The highest BCUT2D eigenvalue weighted by Crippen LogP contribution is 2.48. The van der Waals surface area contributed by atoms with Crippen molar-refractivity contribution in [2.24, 2.45) is 0 Å². The molecule has 0 spiro atoms. The quantitative estimate of drug-likeness (QED) is 0.759. The Hall–Kier alpha value is -3.09. The van der Waals surface area contributed by atoms with Gasteiger partial charge in [-0.25, -0.2) is 8.78 Å². The third-order valence-corrected chi connectivity index (χ3v) is 4.43. The summed E-state index contributed by atoms with van der Waals surface area (Å²) in [4.78, 5) is 12.6. The van der Waals surface area contributed by atoms with E-state index in [1.165, 1.54) is 36.4 Å². The summed E-state index contributed by atoms with van der Waals surface area (Å²) in [5, 5.41) is 10.8. The normalized spacial score (nSPS) is 14.8. The van der Waals surface area contributed by atoms with Crippen molar-refractivity contribution < 1.29 is 18.0 Å². The van der Waals surface area contributed by atoms with Gasteiger partial charge in [-0.15, -0.1) is 10.2 Å². The van der Waals surface area contributed by atoms with Gasteiger partial charge >= 0.3 is 0 Å². The van der Waals surface area contributed by atoms with Crippen molar-refractivity contribution in [1.82, 2.24) is 10.2 Å². The highest BCUT2D eigenvalue weighted by molar-refractivity contribution is 6.00. The maximum Gasteiger partial charge on any atom is 0.240 e. The minimum absolute atomic E-state index is 0.249. The van der Waals surface area contributed by atoms with Crippen LogP contribution in [-0.2, 0) is 16.6 Å². The molecule has 1 amide bonds. The molecule has 1 heterocycles. The van der Waals surface area contributed by atoms with Crippen LogP contribution in [0.15, 0.2) is 52.9 Å². The molecule has 2 aromatic carbocycles. The average molecular weight is 355 g/mol. The summed E-state index contributed by atoms with van der Waals surface area (Å²) < 4.78 is 31.6. The topological polar surface area (TPSA) is 68.0 Å². The van der Waals surface area contributed by atoms with Gasteiger partial charge in [-0.1, -0.05) is 12.1 Å². The van der Waals surface area contributed by atoms with Gasteiger partial charge in [0.2, 0.25) is 17.7 Å². The second-order valence-electron chi connectivity index (χ2n) is 6.35. The van der Waals surface area contributed by atoms with Gasteiger partial charge in [0.1, 0.15) is 17.0 Å². The zero-order valence-corrected chi connectivity index (χ0v) is 13.7. The lowest BCUT2D eigenvalue weighted by Gasteiger charge is -2.11. The van der Waals surface area contributed by atoms with Crippen LogP contribution in [0.25, 0.3) is 0 Å². The third-order valence-electron chi connectivity index (χ3n) is 4.43. The second-order valence-corrected chi connectivity index (χ2v) is 6.35. The number of nitrogens with one attached hydrogen (secondary N) is 1. The summed E-state index contributed by atoms with van der Waals surface area (Å²) in [7, 11) is 0. The molecule has 132 valence electrons. The van der Waals surface area contributed by atoms with E-state index in [0.717, 1.165) is 5.56 Å². The van der Waals surface area contributed by atoms with Crippen molar-refractivity contribution in [3.8, 4) is 0 Å². The largest absolute Gasteiger partial charge is 0.424 e. The Morgan fingerprint density at radius 3 is 2.23 bits per heavy atom. The number of halogens is 2. The number of carbonyl (C=O) groups excluding carboxylic acids is 1. The Balaban J connectivity index is 1.48. The first kappa shape index (κ1) is 16.4. The molecule has 0 bridgehead atoms. The first-order chi connectivity index (χ1) is 12.5. The molecular formula is C19H15F2N3O2. The number of aromatic nitrogens is 2. The zero-order chi connectivity index (χ0) is 18.1. The Bertz CT molecular complexity index is 932. The molecule has 4 rings (SSSR count). The highest BCUT2D eigenvalue weighted by atomic mass is 19.1. The van der Waals surface area contributed by atoms with Crippen LogP contribution < -0.4 is 5.32 Å². The zero-order valence-electron chi connectivity index (χ0n) is 13.7. The smallest absolute Gasteiger partial charge is 0.240 e. The van der Waals surface area contributed by atoms with Crippen LogP contribution >= 0.6 is 0 Å². The molecular weight excluding hydrogens is 340 g/mol. The van der Waals surface area contributed by atoms with Gasteiger partial charge in [0.15, 0.2) is 0 Å². The summed E-state index contributed by atoms with van der Waals surface area (Å²) in [6, 6.07) is 11.6. The minimum atomic E-state index is -0.831. The van der Waals surface area contributed by atoms with E-state index in [-0.39, 0.29) is 23.4 Å². The van der Waals surface area contributed by atoms with E-state index in [9.17, 15) is 13.6 Å². The Kier molecular flexibility index (Phi) is 3.99. The van der Waals surface area contributed by atoms with Crippen LogP contribution in [0.5, 0.6) is 0 Å². The number of benzene rings is 2. The third kappa shape index (κ3) is 3.20. The molecule has 1 aliphatic carbocycles. The van der Waals surface area contributed by atoms with Crippen LogP contribution in [0.1, 0.15) is 30.2 Å². The Morgan fingerprint density at radius 2 is 1.62 bits per heavy atom. The standard InChI is InChI=1S/C19H15F2N3O2/c20-13-3-1-12(2-4-13)11-16-23-24-18(26-16)19(9-10-19)17(25)22-15-7-5-14(21)6-8-15/h1-8H,9-11H2,(H,22,25). The van der Waals surface area contributed by atoms with E-state index < -0.39 is 5.41 Å². The van der Waals surface area contributed by atoms with E-state index in [1.54, 1.807) is 12.1 Å². The second kappa shape index (κ2) is 6.33. The molecule has 1 aromatic heterocycles. The molecule has 0 atom stereocenters. The van der Waals surface area contributed by atoms with Gasteiger partial charge in [-0.05, 0) is 54.8 Å². The molecule has 0 unspecified atom stereocenters. The summed E-state index contributed by atoms with van der Waals surface area (Å²) in [5.41, 5.74) is 0.513. The minimum Gasteiger partial charge on any atom is -0.424 e. The maximum absolute atomic E-state index is 13.0. The molecule has 0 saturated heterocycles. The first-order valence-electron chi connectivity index (χ1n) is 8.19. The van der Waals surface area contributed by atoms with Gasteiger partial charge in [0.25, 0.3) is 0 Å². The SMILES string of the molecule is O=C(Nc1ccc(F)cc1)C1(c2nnc(Cc3ccc(F)cc3)o2)CC1. The van der Waals surface area contributed by atoms with Crippen LogP contribution in [-0.4, -0.2) is 16.1 Å². The number of carbonyl (C=O) groups is 1. The molecule has 7 heteroatoms. The Morgan fingerprint density at radius 1 is 1.00 bits per heavy atom. The highest BCUT2D eigenvalue weighted by Gasteiger charge is 2.56. The van der Waals surface area contributed by atoms with Crippen molar-refractivity contribution >= 4 is 11.6 Å². The van der Waals surface area contributed by atoms with E-state index in [0.29, 0.717) is 30.8 Å². The lowest BCUT2D eigenvalue weighted by Crippen LogP contribution is -2.28. The summed E-state index contributed by atoms with van der Waals surface area (Å²) >= 11 is 0. The fourth-order valence-corrected chi connectivity index (χ4v) is 2.74. The average Bonchev–Trinajstić information content (AvgIpc) is 3.32. The van der Waals surface area contributed by atoms with Crippen molar-refractivity contribution in [2.45, 2.75) is 24.7 Å². The summed E-state index contributed by atoms with van der Waals surface area (Å²) in [5.74, 6) is -0.288. The van der Waals surface area contributed by atoms with Crippen molar-refractivity contribution in [1.29, 1.82) is 0 Å². The van der Waals surface area contributed by atoms with Crippen LogP contribution in [0, 0.1) is 11.6 Å². The molecule has 3 aromatic rings. The predicted octanol–water partition coefficient (Wildman–Crippen LogP) is 3.61. The number of amides is 1. The van der Waals surface area contributed by atoms with Crippen LogP contribution in [0.3, 0.4) is 0 Å². The molecule has 1 aliphatic rings. The van der Waals surface area contributed by atoms with Gasteiger partial charge in [0.05, 0.1) is 6.42 Å². The number of hydrogen-bond acceptors (Lipinski definition) is 4. The molecule has 1 fully saturated rings. The monoisotopic (exact) mass is 355 g/mol. The molecule has 0 radical (unpaired) electrons. The van der Waals surface area contributed by atoms with E-state index in [1.807, 2.05) is 0 Å². The lowest BCUT2D eigenvalue weighted by molar-refractivity contribution is -0.119. The van der Waals surface area contributed by atoms with Gasteiger partial charge in [-0.2, -0.15) is 0 Å². The van der Waals surface area contributed by atoms with Crippen molar-refractivity contribution in [3.05, 3.63) is 77.5 Å². The van der Waals surface area contributed by atoms with E-state index >= 15 is 0 Å².